The van der Waals surface area contributed by atoms with Crippen LogP contribution in [0.25, 0.3) is 0 Å². The number of carbonyl (C=O) groups excluding carboxylic acids is 1. The number of aryl methyl sites for hydroxylation is 1. The van der Waals surface area contributed by atoms with E-state index < -0.39 is 11.5 Å². The second kappa shape index (κ2) is 4.86. The second-order valence-electron chi connectivity index (χ2n) is 6.89. The van der Waals surface area contributed by atoms with Crippen molar-refractivity contribution in [3.8, 4) is 0 Å². The van der Waals surface area contributed by atoms with Crippen molar-refractivity contribution in [1.82, 2.24) is 14.7 Å². The molecule has 1 aromatic rings. The lowest BCUT2D eigenvalue weighted by atomic mass is 9.99. The number of hydrogen-bond acceptors (Lipinski definition) is 3. The van der Waals surface area contributed by atoms with Gasteiger partial charge < -0.3 is 10.0 Å². The summed E-state index contributed by atoms with van der Waals surface area (Å²) in [6.45, 7) is 10.0. The number of rotatable bonds is 2. The van der Waals surface area contributed by atoms with Gasteiger partial charge in [0.2, 0.25) is 0 Å². The Morgan fingerprint density at radius 3 is 2.48 bits per heavy atom. The molecule has 0 bridgehead atoms. The minimum absolute atomic E-state index is 0.219. The molecular formula is C15H23N3O3. The molecule has 1 aliphatic rings. The standard InChI is InChI=1S/C15H23N3O3/c1-10-9-11(16-18(10)14(2,3)4)12(19)17-8-6-7-15(17,5)13(20)21/h9H,6-8H2,1-5H3,(H,20,21). The molecule has 1 N–H and O–H groups in total. The molecule has 1 fully saturated rings. The van der Waals surface area contributed by atoms with E-state index in [0.29, 0.717) is 25.1 Å². The highest BCUT2D eigenvalue weighted by Crippen LogP contribution is 2.31. The molecule has 1 atom stereocenters. The molecule has 6 nitrogen and oxygen atoms in total. The van der Waals surface area contributed by atoms with Crippen LogP contribution in [0.15, 0.2) is 6.07 Å². The first-order valence-electron chi connectivity index (χ1n) is 7.20. The monoisotopic (exact) mass is 293 g/mol. The Morgan fingerprint density at radius 2 is 2.00 bits per heavy atom. The van der Waals surface area contributed by atoms with Gasteiger partial charge in [-0.15, -0.1) is 0 Å². The van der Waals surface area contributed by atoms with Crippen molar-refractivity contribution in [3.63, 3.8) is 0 Å². The molecule has 21 heavy (non-hydrogen) atoms. The molecular weight excluding hydrogens is 270 g/mol. The van der Waals surface area contributed by atoms with Gasteiger partial charge in [-0.05, 0) is 53.5 Å². The summed E-state index contributed by atoms with van der Waals surface area (Å²) in [7, 11) is 0. The van der Waals surface area contributed by atoms with Crippen LogP contribution < -0.4 is 0 Å². The first-order chi connectivity index (χ1) is 9.57. The zero-order valence-corrected chi connectivity index (χ0v) is 13.3. The van der Waals surface area contributed by atoms with Gasteiger partial charge in [0.05, 0.1) is 5.54 Å². The van der Waals surface area contributed by atoms with Gasteiger partial charge in [-0.3, -0.25) is 9.48 Å². The maximum absolute atomic E-state index is 12.6. The van der Waals surface area contributed by atoms with Crippen LogP contribution in [0.4, 0.5) is 0 Å². The lowest BCUT2D eigenvalue weighted by molar-refractivity contribution is -0.147. The highest BCUT2D eigenvalue weighted by molar-refractivity contribution is 5.96. The third kappa shape index (κ3) is 2.54. The highest BCUT2D eigenvalue weighted by Gasteiger charge is 2.46. The number of amides is 1. The van der Waals surface area contributed by atoms with Crippen LogP contribution in [-0.2, 0) is 10.3 Å². The van der Waals surface area contributed by atoms with Gasteiger partial charge in [0.1, 0.15) is 5.54 Å². The number of carbonyl (C=O) groups is 2. The molecule has 1 aromatic heterocycles. The summed E-state index contributed by atoms with van der Waals surface area (Å²) >= 11 is 0. The van der Waals surface area contributed by atoms with Crippen molar-refractivity contribution >= 4 is 11.9 Å². The van der Waals surface area contributed by atoms with Crippen molar-refractivity contribution in [3.05, 3.63) is 17.5 Å². The maximum atomic E-state index is 12.6. The normalized spacial score (nSPS) is 22.6. The van der Waals surface area contributed by atoms with E-state index >= 15 is 0 Å². The number of likely N-dealkylation sites (tertiary alicyclic amines) is 1. The Balaban J connectivity index is 2.35. The largest absolute Gasteiger partial charge is 0.480 e. The third-order valence-corrected chi connectivity index (χ3v) is 4.09. The number of carboxylic acids is 1. The Labute approximate surface area is 124 Å². The number of carboxylic acid groups (broad SMARTS) is 1. The smallest absolute Gasteiger partial charge is 0.329 e. The average Bonchev–Trinajstić information content (AvgIpc) is 2.92. The van der Waals surface area contributed by atoms with Crippen molar-refractivity contribution in [2.75, 3.05) is 6.54 Å². The number of aromatic nitrogens is 2. The quantitative estimate of drug-likeness (QED) is 0.905. The van der Waals surface area contributed by atoms with Crippen LogP contribution in [-0.4, -0.2) is 43.7 Å². The molecule has 1 unspecified atom stereocenters. The minimum Gasteiger partial charge on any atom is -0.480 e. The highest BCUT2D eigenvalue weighted by atomic mass is 16.4. The van der Waals surface area contributed by atoms with E-state index in [-0.39, 0.29) is 11.4 Å². The predicted octanol–water partition coefficient (Wildman–Crippen LogP) is 2.03. The number of nitrogens with zero attached hydrogens (tertiary/aromatic N) is 3. The van der Waals surface area contributed by atoms with Crippen LogP contribution in [0.3, 0.4) is 0 Å². The second-order valence-corrected chi connectivity index (χ2v) is 6.89. The Kier molecular flexibility index (Phi) is 3.59. The fourth-order valence-electron chi connectivity index (χ4n) is 2.91. The number of hydrogen-bond donors (Lipinski definition) is 1. The molecule has 0 aliphatic carbocycles. The van der Waals surface area contributed by atoms with Gasteiger partial charge in [-0.25, -0.2) is 4.79 Å². The van der Waals surface area contributed by atoms with Crippen LogP contribution in [0, 0.1) is 6.92 Å². The molecule has 0 radical (unpaired) electrons. The van der Waals surface area contributed by atoms with Gasteiger partial charge >= 0.3 is 5.97 Å². The van der Waals surface area contributed by atoms with Gasteiger partial charge in [0, 0.05) is 12.2 Å². The van der Waals surface area contributed by atoms with E-state index in [1.807, 2.05) is 27.7 Å². The zero-order valence-electron chi connectivity index (χ0n) is 13.3. The SMILES string of the molecule is Cc1cc(C(=O)N2CCCC2(C)C(=O)O)nn1C(C)(C)C. The summed E-state index contributed by atoms with van der Waals surface area (Å²) in [6, 6.07) is 1.73. The van der Waals surface area contributed by atoms with Gasteiger partial charge in [-0.2, -0.15) is 5.10 Å². The molecule has 1 aliphatic heterocycles. The molecule has 1 amide bonds. The lowest BCUT2D eigenvalue weighted by Crippen LogP contribution is -2.50. The molecule has 6 heteroatoms. The first-order valence-corrected chi connectivity index (χ1v) is 7.20. The zero-order chi connectivity index (χ0) is 16.0. The van der Waals surface area contributed by atoms with E-state index in [1.165, 1.54) is 4.90 Å². The van der Waals surface area contributed by atoms with E-state index in [4.69, 9.17) is 0 Å². The van der Waals surface area contributed by atoms with Gasteiger partial charge in [-0.1, -0.05) is 0 Å². The van der Waals surface area contributed by atoms with E-state index in [9.17, 15) is 14.7 Å². The molecule has 0 spiro atoms. The number of aliphatic carboxylic acids is 1. The maximum Gasteiger partial charge on any atom is 0.329 e. The van der Waals surface area contributed by atoms with E-state index in [0.717, 1.165) is 5.69 Å². The van der Waals surface area contributed by atoms with Crippen LogP contribution in [0.5, 0.6) is 0 Å². The third-order valence-electron chi connectivity index (χ3n) is 4.09. The molecule has 2 heterocycles. The molecule has 1 saturated heterocycles. The van der Waals surface area contributed by atoms with E-state index in [1.54, 1.807) is 17.7 Å². The van der Waals surface area contributed by atoms with Crippen molar-refractivity contribution in [2.45, 2.75) is 58.5 Å². The van der Waals surface area contributed by atoms with Crippen molar-refractivity contribution in [2.24, 2.45) is 0 Å². The Bertz CT molecular complexity index is 585. The van der Waals surface area contributed by atoms with Gasteiger partial charge in [0.15, 0.2) is 5.69 Å². The average molecular weight is 293 g/mol. The fraction of sp³-hybridized carbons (Fsp3) is 0.667. The van der Waals surface area contributed by atoms with Gasteiger partial charge in [0.25, 0.3) is 5.91 Å². The lowest BCUT2D eigenvalue weighted by Gasteiger charge is -2.30. The van der Waals surface area contributed by atoms with Crippen LogP contribution >= 0.6 is 0 Å². The molecule has 0 saturated carbocycles. The van der Waals surface area contributed by atoms with Crippen molar-refractivity contribution < 1.29 is 14.7 Å². The van der Waals surface area contributed by atoms with Crippen LogP contribution in [0.2, 0.25) is 0 Å². The predicted molar refractivity (Wildman–Crippen MR) is 78.3 cm³/mol. The molecule has 2 rings (SSSR count). The summed E-state index contributed by atoms with van der Waals surface area (Å²) in [5, 5.41) is 13.8. The summed E-state index contributed by atoms with van der Waals surface area (Å²) in [5.74, 6) is -1.26. The summed E-state index contributed by atoms with van der Waals surface area (Å²) in [4.78, 5) is 25.6. The minimum atomic E-state index is -1.13. The van der Waals surface area contributed by atoms with Crippen LogP contribution in [0.1, 0.15) is 56.7 Å². The fourth-order valence-corrected chi connectivity index (χ4v) is 2.91. The Hall–Kier alpha value is -1.85. The Morgan fingerprint density at radius 1 is 1.38 bits per heavy atom. The topological polar surface area (TPSA) is 75.4 Å². The summed E-state index contributed by atoms with van der Waals surface area (Å²) in [6.07, 6.45) is 1.18. The molecule has 116 valence electrons. The summed E-state index contributed by atoms with van der Waals surface area (Å²) < 4.78 is 1.80. The summed E-state index contributed by atoms with van der Waals surface area (Å²) in [5.41, 5.74) is -0.140. The van der Waals surface area contributed by atoms with Crippen molar-refractivity contribution in [1.29, 1.82) is 0 Å². The molecule has 0 aromatic carbocycles. The van der Waals surface area contributed by atoms with E-state index in [2.05, 4.69) is 5.10 Å². The first kappa shape index (κ1) is 15.5.